The molecular formula is C12H23N3O4. The average molecular weight is 273 g/mol. The number of amides is 2. The number of rotatable bonds is 5. The Labute approximate surface area is 113 Å². The molecule has 0 aliphatic carbocycles. The normalized spacial score (nSPS) is 17.2. The van der Waals surface area contributed by atoms with E-state index in [-0.39, 0.29) is 12.0 Å². The highest BCUT2D eigenvalue weighted by Gasteiger charge is 2.27. The van der Waals surface area contributed by atoms with Crippen LogP contribution in [-0.4, -0.2) is 74.8 Å². The molecule has 0 aromatic heterocycles. The largest absolute Gasteiger partial charge is 0.453 e. The van der Waals surface area contributed by atoms with Gasteiger partial charge in [0, 0.05) is 39.9 Å². The minimum atomic E-state index is -0.486. The predicted octanol–water partition coefficient (Wildman–Crippen LogP) is -0.349. The van der Waals surface area contributed by atoms with E-state index in [1.807, 2.05) is 0 Å². The molecule has 0 radical (unpaired) electrons. The van der Waals surface area contributed by atoms with E-state index in [2.05, 4.69) is 4.74 Å². The fraction of sp³-hybridized carbons (Fsp3) is 0.833. The summed E-state index contributed by atoms with van der Waals surface area (Å²) in [7, 11) is 2.98. The lowest BCUT2D eigenvalue weighted by Gasteiger charge is -2.35. The average Bonchev–Trinajstić information content (AvgIpc) is 2.46. The van der Waals surface area contributed by atoms with Crippen molar-refractivity contribution in [1.82, 2.24) is 9.80 Å². The highest BCUT2D eigenvalue weighted by atomic mass is 16.5. The molecule has 1 heterocycles. The van der Waals surface area contributed by atoms with Crippen LogP contribution in [0.25, 0.3) is 0 Å². The number of nitrogens with two attached hydrogens (primary N) is 1. The van der Waals surface area contributed by atoms with Crippen LogP contribution in [0, 0.1) is 0 Å². The maximum atomic E-state index is 12.1. The molecule has 0 saturated carbocycles. The van der Waals surface area contributed by atoms with Crippen LogP contribution < -0.4 is 5.73 Å². The Morgan fingerprint density at radius 3 is 2.26 bits per heavy atom. The summed E-state index contributed by atoms with van der Waals surface area (Å²) in [5.41, 5.74) is 5.86. The second-order valence-electron chi connectivity index (χ2n) is 4.52. The van der Waals surface area contributed by atoms with Crippen LogP contribution >= 0.6 is 0 Å². The monoisotopic (exact) mass is 273 g/mol. The van der Waals surface area contributed by atoms with Crippen LogP contribution in [0.2, 0.25) is 0 Å². The molecule has 7 heteroatoms. The van der Waals surface area contributed by atoms with Gasteiger partial charge in [0.15, 0.2) is 0 Å². The lowest BCUT2D eigenvalue weighted by molar-refractivity contribution is -0.134. The third-order valence-electron chi connectivity index (χ3n) is 3.20. The molecule has 0 bridgehead atoms. The smallest absolute Gasteiger partial charge is 0.409 e. The lowest BCUT2D eigenvalue weighted by atomic mass is 10.1. The standard InChI is InChI=1S/C12H23N3O4/c1-18-9-3-4-10(13)11(16)14-5-7-15(8-6-14)12(17)19-2/h10H,3-9,13H2,1-2H3. The summed E-state index contributed by atoms with van der Waals surface area (Å²) in [5.74, 6) is -0.0550. The van der Waals surface area contributed by atoms with Gasteiger partial charge in [-0.1, -0.05) is 0 Å². The molecule has 1 rings (SSSR count). The van der Waals surface area contributed by atoms with E-state index in [0.717, 1.165) is 6.42 Å². The fourth-order valence-corrected chi connectivity index (χ4v) is 2.04. The van der Waals surface area contributed by atoms with Gasteiger partial charge in [-0.05, 0) is 12.8 Å². The van der Waals surface area contributed by atoms with Crippen molar-refractivity contribution in [2.45, 2.75) is 18.9 Å². The fourth-order valence-electron chi connectivity index (χ4n) is 2.04. The molecule has 7 nitrogen and oxygen atoms in total. The van der Waals surface area contributed by atoms with Gasteiger partial charge >= 0.3 is 6.09 Å². The topological polar surface area (TPSA) is 85.1 Å². The number of hydrogen-bond donors (Lipinski definition) is 1. The second kappa shape index (κ2) is 7.96. The number of hydrogen-bond acceptors (Lipinski definition) is 5. The van der Waals surface area contributed by atoms with E-state index in [4.69, 9.17) is 10.5 Å². The first-order chi connectivity index (χ1) is 9.10. The van der Waals surface area contributed by atoms with Crippen LogP contribution in [0.1, 0.15) is 12.8 Å². The first kappa shape index (κ1) is 15.7. The second-order valence-corrected chi connectivity index (χ2v) is 4.52. The minimum Gasteiger partial charge on any atom is -0.453 e. The third kappa shape index (κ3) is 4.68. The van der Waals surface area contributed by atoms with Gasteiger partial charge in [-0.3, -0.25) is 4.79 Å². The summed E-state index contributed by atoms with van der Waals surface area (Å²) in [5, 5.41) is 0. The molecule has 2 amide bonds. The number of carbonyl (C=O) groups excluding carboxylic acids is 2. The Kier molecular flexibility index (Phi) is 6.58. The molecule has 0 aromatic carbocycles. The molecule has 1 atom stereocenters. The molecular weight excluding hydrogens is 250 g/mol. The number of nitrogens with zero attached hydrogens (tertiary/aromatic N) is 2. The highest BCUT2D eigenvalue weighted by molar-refractivity contribution is 5.82. The van der Waals surface area contributed by atoms with E-state index in [9.17, 15) is 9.59 Å². The van der Waals surface area contributed by atoms with Crippen molar-refractivity contribution in [1.29, 1.82) is 0 Å². The maximum Gasteiger partial charge on any atom is 0.409 e. The zero-order valence-corrected chi connectivity index (χ0v) is 11.6. The number of piperazine rings is 1. The molecule has 1 aliphatic rings. The van der Waals surface area contributed by atoms with Gasteiger partial charge in [0.1, 0.15) is 0 Å². The summed E-state index contributed by atoms with van der Waals surface area (Å²) in [4.78, 5) is 26.7. The van der Waals surface area contributed by atoms with Crippen molar-refractivity contribution < 1.29 is 19.1 Å². The summed E-state index contributed by atoms with van der Waals surface area (Å²) in [6.07, 6.45) is 1.03. The van der Waals surface area contributed by atoms with Gasteiger partial charge in [-0.15, -0.1) is 0 Å². The van der Waals surface area contributed by atoms with Crippen molar-refractivity contribution in [2.24, 2.45) is 5.73 Å². The SMILES string of the molecule is COCCCC(N)C(=O)N1CCN(C(=O)OC)CC1. The summed E-state index contributed by atoms with van der Waals surface area (Å²) in [6.45, 7) is 2.60. The van der Waals surface area contributed by atoms with E-state index in [1.54, 1.807) is 16.9 Å². The zero-order chi connectivity index (χ0) is 14.3. The Bertz CT molecular complexity index is 303. The first-order valence-corrected chi connectivity index (χ1v) is 6.46. The van der Waals surface area contributed by atoms with Crippen molar-refractivity contribution >= 4 is 12.0 Å². The minimum absolute atomic E-state index is 0.0550. The summed E-state index contributed by atoms with van der Waals surface area (Å²) >= 11 is 0. The van der Waals surface area contributed by atoms with E-state index < -0.39 is 6.04 Å². The van der Waals surface area contributed by atoms with Crippen LogP contribution in [0.5, 0.6) is 0 Å². The van der Waals surface area contributed by atoms with Crippen molar-refractivity contribution in [3.63, 3.8) is 0 Å². The van der Waals surface area contributed by atoms with Crippen molar-refractivity contribution in [3.05, 3.63) is 0 Å². The quantitative estimate of drug-likeness (QED) is 0.692. The van der Waals surface area contributed by atoms with Gasteiger partial charge in [0.2, 0.25) is 5.91 Å². The molecule has 0 aromatic rings. The van der Waals surface area contributed by atoms with Crippen molar-refractivity contribution in [3.8, 4) is 0 Å². The van der Waals surface area contributed by atoms with E-state index in [1.165, 1.54) is 7.11 Å². The molecule has 2 N–H and O–H groups in total. The van der Waals surface area contributed by atoms with Gasteiger partial charge < -0.3 is 25.0 Å². The molecule has 1 saturated heterocycles. The molecule has 0 spiro atoms. The van der Waals surface area contributed by atoms with Crippen LogP contribution in [0.15, 0.2) is 0 Å². The first-order valence-electron chi connectivity index (χ1n) is 6.46. The molecule has 19 heavy (non-hydrogen) atoms. The van der Waals surface area contributed by atoms with Crippen molar-refractivity contribution in [2.75, 3.05) is 47.0 Å². The molecule has 1 unspecified atom stereocenters. The Hall–Kier alpha value is -1.34. The molecule has 110 valence electrons. The van der Waals surface area contributed by atoms with Gasteiger partial charge in [-0.25, -0.2) is 4.79 Å². The summed E-state index contributed by atoms with van der Waals surface area (Å²) in [6, 6.07) is -0.486. The lowest BCUT2D eigenvalue weighted by Crippen LogP contribution is -2.54. The van der Waals surface area contributed by atoms with Gasteiger partial charge in [0.25, 0.3) is 0 Å². The van der Waals surface area contributed by atoms with E-state index >= 15 is 0 Å². The number of carbonyl (C=O) groups is 2. The Balaban J connectivity index is 2.33. The van der Waals surface area contributed by atoms with Crippen LogP contribution in [0.3, 0.4) is 0 Å². The molecule has 1 aliphatic heterocycles. The van der Waals surface area contributed by atoms with Gasteiger partial charge in [-0.2, -0.15) is 0 Å². The Morgan fingerprint density at radius 1 is 1.16 bits per heavy atom. The highest BCUT2D eigenvalue weighted by Crippen LogP contribution is 2.07. The maximum absolute atomic E-state index is 12.1. The van der Waals surface area contributed by atoms with E-state index in [0.29, 0.717) is 39.2 Å². The van der Waals surface area contributed by atoms with Crippen LogP contribution in [-0.2, 0) is 14.3 Å². The molecule has 1 fully saturated rings. The van der Waals surface area contributed by atoms with Gasteiger partial charge in [0.05, 0.1) is 13.2 Å². The number of methoxy groups -OCH3 is 2. The van der Waals surface area contributed by atoms with Crippen LogP contribution in [0.4, 0.5) is 4.79 Å². The Morgan fingerprint density at radius 2 is 1.74 bits per heavy atom. The third-order valence-corrected chi connectivity index (χ3v) is 3.20. The summed E-state index contributed by atoms with van der Waals surface area (Å²) < 4.78 is 9.57. The predicted molar refractivity (Wildman–Crippen MR) is 69.6 cm³/mol. The number of ether oxygens (including phenoxy) is 2. The zero-order valence-electron chi connectivity index (χ0n) is 11.6.